The number of benzene rings is 1. The fourth-order valence-electron chi connectivity index (χ4n) is 3.34. The Kier molecular flexibility index (Phi) is 5.91. The van der Waals surface area contributed by atoms with E-state index in [1.165, 1.54) is 0 Å². The number of carbonyl (C=O) groups excluding carboxylic acids is 1. The molecule has 0 spiro atoms. The molecule has 3 aromatic rings. The number of methoxy groups -OCH3 is 1. The summed E-state index contributed by atoms with van der Waals surface area (Å²) in [5.74, 6) is 1.49. The molecule has 3 N–H and O–H groups in total. The van der Waals surface area contributed by atoms with Gasteiger partial charge in [-0.1, -0.05) is 11.6 Å². The van der Waals surface area contributed by atoms with Gasteiger partial charge in [0.15, 0.2) is 0 Å². The minimum absolute atomic E-state index is 0.0451. The highest BCUT2D eigenvalue weighted by atomic mass is 35.5. The number of hydrogen-bond acceptors (Lipinski definition) is 7. The Labute approximate surface area is 178 Å². The molecule has 10 heteroatoms. The van der Waals surface area contributed by atoms with Gasteiger partial charge in [-0.2, -0.15) is 9.97 Å². The third-order valence-electron chi connectivity index (χ3n) is 4.82. The molecule has 0 atom stereocenters. The first-order valence-corrected chi connectivity index (χ1v) is 10.1. The SMILES string of the molecule is CCNc1nc(Nc2ccc(C(=O)N3CCOCC3)cc2OC)nc2[nH]cc(Cl)c12. The molecule has 3 heterocycles. The van der Waals surface area contributed by atoms with Gasteiger partial charge in [-0.05, 0) is 25.1 Å². The molecule has 1 aromatic carbocycles. The van der Waals surface area contributed by atoms with Gasteiger partial charge in [-0.3, -0.25) is 4.79 Å². The van der Waals surface area contributed by atoms with Crippen LogP contribution in [-0.2, 0) is 4.74 Å². The second kappa shape index (κ2) is 8.76. The van der Waals surface area contributed by atoms with Crippen LogP contribution in [0.1, 0.15) is 17.3 Å². The van der Waals surface area contributed by atoms with Gasteiger partial charge in [0, 0.05) is 31.4 Å². The number of halogens is 1. The van der Waals surface area contributed by atoms with Gasteiger partial charge in [-0.15, -0.1) is 0 Å². The predicted octanol–water partition coefficient (Wildman–Crippen LogP) is 3.27. The second-order valence-electron chi connectivity index (χ2n) is 6.73. The van der Waals surface area contributed by atoms with Crippen LogP contribution in [0.25, 0.3) is 11.0 Å². The zero-order valence-corrected chi connectivity index (χ0v) is 17.5. The summed E-state index contributed by atoms with van der Waals surface area (Å²) in [5.41, 5.74) is 1.82. The van der Waals surface area contributed by atoms with E-state index >= 15 is 0 Å². The summed E-state index contributed by atoms with van der Waals surface area (Å²) in [6.45, 7) is 4.95. The molecule has 4 rings (SSSR count). The number of fused-ring (bicyclic) bond motifs is 1. The Morgan fingerprint density at radius 1 is 1.33 bits per heavy atom. The van der Waals surface area contributed by atoms with Crippen molar-refractivity contribution in [1.82, 2.24) is 19.9 Å². The van der Waals surface area contributed by atoms with Gasteiger partial charge in [0.2, 0.25) is 5.95 Å². The highest BCUT2D eigenvalue weighted by Crippen LogP contribution is 2.32. The fourth-order valence-corrected chi connectivity index (χ4v) is 3.58. The van der Waals surface area contributed by atoms with E-state index in [0.717, 1.165) is 5.39 Å². The van der Waals surface area contributed by atoms with Crippen LogP contribution in [0.3, 0.4) is 0 Å². The van der Waals surface area contributed by atoms with E-state index in [4.69, 9.17) is 21.1 Å². The van der Waals surface area contributed by atoms with Crippen molar-refractivity contribution in [2.75, 3.05) is 50.6 Å². The van der Waals surface area contributed by atoms with Crippen LogP contribution in [0.5, 0.6) is 5.75 Å². The number of hydrogen-bond donors (Lipinski definition) is 3. The first kappa shape index (κ1) is 20.2. The van der Waals surface area contributed by atoms with E-state index in [0.29, 0.717) is 72.3 Å². The number of ether oxygens (including phenoxy) is 2. The summed E-state index contributed by atoms with van der Waals surface area (Å²) >= 11 is 6.25. The molecular weight excluding hydrogens is 408 g/mol. The van der Waals surface area contributed by atoms with Gasteiger partial charge in [0.05, 0.1) is 36.4 Å². The van der Waals surface area contributed by atoms with Gasteiger partial charge in [-0.25, -0.2) is 0 Å². The number of anilines is 3. The van der Waals surface area contributed by atoms with Crippen LogP contribution in [0.2, 0.25) is 5.02 Å². The largest absolute Gasteiger partial charge is 0.495 e. The number of aromatic nitrogens is 3. The lowest BCUT2D eigenvalue weighted by Crippen LogP contribution is -2.40. The number of amides is 1. The number of carbonyl (C=O) groups is 1. The minimum atomic E-state index is -0.0451. The molecule has 9 nitrogen and oxygen atoms in total. The maximum atomic E-state index is 12.7. The lowest BCUT2D eigenvalue weighted by atomic mass is 10.1. The zero-order chi connectivity index (χ0) is 21.1. The molecule has 1 fully saturated rings. The summed E-state index contributed by atoms with van der Waals surface area (Å²) < 4.78 is 10.8. The van der Waals surface area contributed by atoms with E-state index in [-0.39, 0.29) is 5.91 Å². The molecule has 0 radical (unpaired) electrons. The number of aromatic amines is 1. The van der Waals surface area contributed by atoms with Gasteiger partial charge >= 0.3 is 0 Å². The summed E-state index contributed by atoms with van der Waals surface area (Å²) in [6, 6.07) is 5.27. The molecule has 2 aromatic heterocycles. The average molecular weight is 431 g/mol. The summed E-state index contributed by atoms with van der Waals surface area (Å²) in [4.78, 5) is 26.6. The summed E-state index contributed by atoms with van der Waals surface area (Å²) in [7, 11) is 1.56. The van der Waals surface area contributed by atoms with Crippen LogP contribution in [0, 0.1) is 0 Å². The molecule has 158 valence electrons. The van der Waals surface area contributed by atoms with E-state index in [2.05, 4.69) is 25.6 Å². The molecule has 30 heavy (non-hydrogen) atoms. The maximum Gasteiger partial charge on any atom is 0.254 e. The standard InChI is InChI=1S/C20H23ClN6O3/c1-3-22-17-16-13(21)11-23-18(16)26-20(25-17)24-14-5-4-12(10-15(14)29-2)19(28)27-6-8-30-9-7-27/h4-5,10-11H,3,6-9H2,1-2H3,(H3,22,23,24,25,26). The predicted molar refractivity (Wildman–Crippen MR) is 116 cm³/mol. The summed E-state index contributed by atoms with van der Waals surface area (Å²) in [6.07, 6.45) is 1.68. The topological polar surface area (TPSA) is 104 Å². The molecule has 0 unspecified atom stereocenters. The Bertz CT molecular complexity index is 1060. The zero-order valence-electron chi connectivity index (χ0n) is 16.8. The van der Waals surface area contributed by atoms with Crippen LogP contribution in [0.15, 0.2) is 24.4 Å². The molecule has 1 aliphatic heterocycles. The Balaban J connectivity index is 1.62. The van der Waals surface area contributed by atoms with Crippen molar-refractivity contribution in [1.29, 1.82) is 0 Å². The molecule has 0 saturated carbocycles. The van der Waals surface area contributed by atoms with Crippen molar-refractivity contribution in [2.45, 2.75) is 6.92 Å². The number of nitrogens with one attached hydrogen (secondary N) is 3. The van der Waals surface area contributed by atoms with Crippen molar-refractivity contribution >= 4 is 46.0 Å². The molecular formula is C20H23ClN6O3. The number of H-pyrrole nitrogens is 1. The fraction of sp³-hybridized carbons (Fsp3) is 0.350. The second-order valence-corrected chi connectivity index (χ2v) is 7.14. The Morgan fingerprint density at radius 2 is 2.13 bits per heavy atom. The lowest BCUT2D eigenvalue weighted by molar-refractivity contribution is 0.0302. The van der Waals surface area contributed by atoms with Crippen molar-refractivity contribution in [3.63, 3.8) is 0 Å². The molecule has 1 saturated heterocycles. The minimum Gasteiger partial charge on any atom is -0.495 e. The Hall–Kier alpha value is -3.04. The van der Waals surface area contributed by atoms with Gasteiger partial charge in [0.25, 0.3) is 5.91 Å². The van der Waals surface area contributed by atoms with Crippen molar-refractivity contribution < 1.29 is 14.3 Å². The molecule has 0 bridgehead atoms. The molecule has 0 aliphatic carbocycles. The average Bonchev–Trinajstić information content (AvgIpc) is 3.15. The third kappa shape index (κ3) is 3.99. The highest BCUT2D eigenvalue weighted by molar-refractivity contribution is 6.36. The van der Waals surface area contributed by atoms with Crippen molar-refractivity contribution in [2.24, 2.45) is 0 Å². The van der Waals surface area contributed by atoms with E-state index < -0.39 is 0 Å². The Morgan fingerprint density at radius 3 is 2.87 bits per heavy atom. The van der Waals surface area contributed by atoms with Gasteiger partial charge in [0.1, 0.15) is 17.2 Å². The number of morpholine rings is 1. The third-order valence-corrected chi connectivity index (χ3v) is 5.12. The van der Waals surface area contributed by atoms with E-state index in [1.807, 2.05) is 6.92 Å². The first-order valence-electron chi connectivity index (χ1n) is 9.71. The highest BCUT2D eigenvalue weighted by Gasteiger charge is 2.20. The normalized spacial score (nSPS) is 14.0. The van der Waals surface area contributed by atoms with Crippen LogP contribution < -0.4 is 15.4 Å². The van der Waals surface area contributed by atoms with Gasteiger partial charge < -0.3 is 30.0 Å². The van der Waals surface area contributed by atoms with E-state index in [9.17, 15) is 4.79 Å². The van der Waals surface area contributed by atoms with Crippen LogP contribution in [0.4, 0.5) is 17.5 Å². The first-order chi connectivity index (χ1) is 14.6. The van der Waals surface area contributed by atoms with Crippen LogP contribution >= 0.6 is 11.6 Å². The smallest absolute Gasteiger partial charge is 0.254 e. The maximum absolute atomic E-state index is 12.7. The molecule has 1 amide bonds. The monoisotopic (exact) mass is 430 g/mol. The number of rotatable bonds is 6. The molecule has 1 aliphatic rings. The lowest BCUT2D eigenvalue weighted by Gasteiger charge is -2.27. The number of nitrogens with zero attached hydrogens (tertiary/aromatic N) is 3. The van der Waals surface area contributed by atoms with Crippen LogP contribution in [-0.4, -0.2) is 65.7 Å². The summed E-state index contributed by atoms with van der Waals surface area (Å²) in [5, 5.41) is 7.67. The van der Waals surface area contributed by atoms with Crippen molar-refractivity contribution in [3.05, 3.63) is 35.0 Å². The quantitative estimate of drug-likeness (QED) is 0.551. The van der Waals surface area contributed by atoms with E-state index in [1.54, 1.807) is 36.4 Å². The van der Waals surface area contributed by atoms with Crippen molar-refractivity contribution in [3.8, 4) is 5.75 Å².